The highest BCUT2D eigenvalue weighted by molar-refractivity contribution is 8.13. The molecular formula is C17H30N2S. The quantitative estimate of drug-likeness (QED) is 0.772. The van der Waals surface area contributed by atoms with E-state index in [2.05, 4.69) is 19.2 Å². The second kappa shape index (κ2) is 6.29. The van der Waals surface area contributed by atoms with Crippen molar-refractivity contribution in [3.63, 3.8) is 0 Å². The van der Waals surface area contributed by atoms with E-state index in [0.29, 0.717) is 11.5 Å². The van der Waals surface area contributed by atoms with Gasteiger partial charge in [0.05, 0.1) is 0 Å². The van der Waals surface area contributed by atoms with Crippen LogP contribution in [0.25, 0.3) is 0 Å². The van der Waals surface area contributed by atoms with Gasteiger partial charge >= 0.3 is 0 Å². The summed E-state index contributed by atoms with van der Waals surface area (Å²) in [5.41, 5.74) is 0.557. The van der Waals surface area contributed by atoms with Gasteiger partial charge in [-0.2, -0.15) is 0 Å². The van der Waals surface area contributed by atoms with Crippen LogP contribution in [0.3, 0.4) is 0 Å². The van der Waals surface area contributed by atoms with Crippen LogP contribution in [0, 0.1) is 17.3 Å². The Kier molecular flexibility index (Phi) is 4.64. The normalized spacial score (nSPS) is 37.5. The van der Waals surface area contributed by atoms with Crippen molar-refractivity contribution in [3.05, 3.63) is 0 Å². The summed E-state index contributed by atoms with van der Waals surface area (Å²) in [7, 11) is 0. The van der Waals surface area contributed by atoms with Crippen molar-refractivity contribution < 1.29 is 0 Å². The fraction of sp³-hybridized carbons (Fsp3) is 0.941. The molecule has 20 heavy (non-hydrogen) atoms. The first kappa shape index (κ1) is 14.7. The summed E-state index contributed by atoms with van der Waals surface area (Å²) in [4.78, 5) is 4.92. The number of thioether (sulfide) groups is 1. The maximum Gasteiger partial charge on any atom is 0.156 e. The van der Waals surface area contributed by atoms with Gasteiger partial charge in [0.15, 0.2) is 5.17 Å². The van der Waals surface area contributed by atoms with Gasteiger partial charge in [0.2, 0.25) is 0 Å². The van der Waals surface area contributed by atoms with Crippen LogP contribution in [0.4, 0.5) is 0 Å². The van der Waals surface area contributed by atoms with Crippen LogP contribution >= 0.6 is 11.8 Å². The van der Waals surface area contributed by atoms with Crippen LogP contribution < -0.4 is 5.32 Å². The van der Waals surface area contributed by atoms with E-state index < -0.39 is 0 Å². The molecule has 0 bridgehead atoms. The standard InChI is InChI=1S/C17H30N2S/c1-13-8-14(2)10-15(9-13)19-16-18-11-17(12-20-16)6-4-3-5-7-17/h13-15H,3-12H2,1-2H3,(H,18,19). The average molecular weight is 295 g/mol. The molecule has 0 aromatic rings. The highest BCUT2D eigenvalue weighted by Crippen LogP contribution is 2.41. The number of rotatable bonds is 1. The minimum atomic E-state index is 0.557. The van der Waals surface area contributed by atoms with Gasteiger partial charge in [-0.3, -0.25) is 4.99 Å². The van der Waals surface area contributed by atoms with Gasteiger partial charge in [-0.1, -0.05) is 44.9 Å². The average Bonchev–Trinajstić information content (AvgIpc) is 2.42. The monoisotopic (exact) mass is 294 g/mol. The van der Waals surface area contributed by atoms with Crippen LogP contribution in [-0.4, -0.2) is 23.5 Å². The van der Waals surface area contributed by atoms with Crippen LogP contribution in [0.2, 0.25) is 0 Å². The Morgan fingerprint density at radius 2 is 1.75 bits per heavy atom. The van der Waals surface area contributed by atoms with E-state index in [9.17, 15) is 0 Å². The Bertz CT molecular complexity index is 350. The van der Waals surface area contributed by atoms with E-state index >= 15 is 0 Å². The predicted octanol–water partition coefficient (Wildman–Crippen LogP) is 4.45. The zero-order chi connectivity index (χ0) is 14.0. The van der Waals surface area contributed by atoms with Gasteiger partial charge in [-0.15, -0.1) is 0 Å². The number of amidine groups is 1. The second-order valence-electron chi connectivity index (χ2n) is 7.73. The van der Waals surface area contributed by atoms with Crippen LogP contribution in [0.5, 0.6) is 0 Å². The van der Waals surface area contributed by atoms with E-state index in [1.54, 1.807) is 0 Å². The summed E-state index contributed by atoms with van der Waals surface area (Å²) in [6.45, 7) is 5.88. The molecule has 1 spiro atoms. The van der Waals surface area contributed by atoms with E-state index in [-0.39, 0.29) is 0 Å². The Morgan fingerprint density at radius 3 is 2.35 bits per heavy atom. The summed E-state index contributed by atoms with van der Waals surface area (Å²) in [6.07, 6.45) is 11.2. The molecule has 0 amide bonds. The molecule has 2 unspecified atom stereocenters. The Labute approximate surface area is 128 Å². The lowest BCUT2D eigenvalue weighted by Crippen LogP contribution is -2.42. The van der Waals surface area contributed by atoms with Crippen molar-refractivity contribution in [1.29, 1.82) is 0 Å². The van der Waals surface area contributed by atoms with Crippen molar-refractivity contribution in [2.45, 2.75) is 71.3 Å². The highest BCUT2D eigenvalue weighted by Gasteiger charge is 2.35. The van der Waals surface area contributed by atoms with Crippen LogP contribution in [0.1, 0.15) is 65.2 Å². The molecule has 0 radical (unpaired) electrons. The summed E-state index contributed by atoms with van der Waals surface area (Å²) in [5, 5.41) is 5.00. The summed E-state index contributed by atoms with van der Waals surface area (Å²) in [6, 6.07) is 0.667. The van der Waals surface area contributed by atoms with Crippen molar-refractivity contribution in [1.82, 2.24) is 5.32 Å². The third kappa shape index (κ3) is 3.52. The first-order valence-electron chi connectivity index (χ1n) is 8.59. The molecule has 1 N–H and O–H groups in total. The smallest absolute Gasteiger partial charge is 0.156 e. The van der Waals surface area contributed by atoms with E-state index in [4.69, 9.17) is 4.99 Å². The van der Waals surface area contributed by atoms with Gasteiger partial charge in [0, 0.05) is 18.3 Å². The molecule has 0 saturated heterocycles. The maximum atomic E-state index is 4.92. The Balaban J connectivity index is 1.54. The fourth-order valence-corrected chi connectivity index (χ4v) is 5.71. The molecular weight excluding hydrogens is 264 g/mol. The lowest BCUT2D eigenvalue weighted by atomic mass is 9.75. The third-order valence-electron chi connectivity index (χ3n) is 5.49. The third-order valence-corrected chi connectivity index (χ3v) is 6.77. The van der Waals surface area contributed by atoms with Gasteiger partial charge in [-0.25, -0.2) is 0 Å². The Hall–Kier alpha value is -0.180. The van der Waals surface area contributed by atoms with Crippen molar-refractivity contribution in [2.24, 2.45) is 22.2 Å². The fourth-order valence-electron chi connectivity index (χ4n) is 4.48. The molecule has 0 aromatic carbocycles. The molecule has 0 aromatic heterocycles. The van der Waals surface area contributed by atoms with E-state index in [1.165, 1.54) is 62.3 Å². The maximum absolute atomic E-state index is 4.92. The van der Waals surface area contributed by atoms with E-state index in [0.717, 1.165) is 18.4 Å². The van der Waals surface area contributed by atoms with Gasteiger partial charge in [0.25, 0.3) is 0 Å². The predicted molar refractivity (Wildman–Crippen MR) is 89.4 cm³/mol. The van der Waals surface area contributed by atoms with Crippen LogP contribution in [-0.2, 0) is 0 Å². The molecule has 114 valence electrons. The lowest BCUT2D eigenvalue weighted by Gasteiger charge is -2.39. The number of hydrogen-bond acceptors (Lipinski definition) is 3. The SMILES string of the molecule is CC1CC(C)CC(NC2=NCC3(CCCCC3)CS2)C1. The molecule has 1 aliphatic heterocycles. The number of hydrogen-bond donors (Lipinski definition) is 1. The molecule has 2 atom stereocenters. The molecule has 3 rings (SSSR count). The van der Waals surface area contributed by atoms with E-state index in [1.807, 2.05) is 11.8 Å². The Morgan fingerprint density at radius 1 is 1.05 bits per heavy atom. The first-order valence-corrected chi connectivity index (χ1v) is 9.58. The first-order chi connectivity index (χ1) is 9.65. The van der Waals surface area contributed by atoms with Gasteiger partial charge in [-0.05, 0) is 49.4 Å². The summed E-state index contributed by atoms with van der Waals surface area (Å²) in [5.74, 6) is 3.04. The molecule has 2 aliphatic carbocycles. The van der Waals surface area contributed by atoms with Gasteiger partial charge in [0.1, 0.15) is 0 Å². The molecule has 3 aliphatic rings. The summed E-state index contributed by atoms with van der Waals surface area (Å²) >= 11 is 2.00. The molecule has 2 fully saturated rings. The molecule has 1 heterocycles. The number of aliphatic imine (C=N–C) groups is 1. The summed E-state index contributed by atoms with van der Waals surface area (Å²) < 4.78 is 0. The minimum absolute atomic E-state index is 0.557. The topological polar surface area (TPSA) is 24.4 Å². The van der Waals surface area contributed by atoms with Crippen LogP contribution in [0.15, 0.2) is 4.99 Å². The highest BCUT2D eigenvalue weighted by atomic mass is 32.2. The lowest BCUT2D eigenvalue weighted by molar-refractivity contribution is 0.231. The van der Waals surface area contributed by atoms with Crippen molar-refractivity contribution in [3.8, 4) is 0 Å². The molecule has 2 nitrogen and oxygen atoms in total. The zero-order valence-electron chi connectivity index (χ0n) is 13.2. The van der Waals surface area contributed by atoms with Crippen molar-refractivity contribution >= 4 is 16.9 Å². The zero-order valence-corrected chi connectivity index (χ0v) is 14.0. The molecule has 3 heteroatoms. The van der Waals surface area contributed by atoms with Crippen molar-refractivity contribution in [2.75, 3.05) is 12.3 Å². The number of nitrogens with zero attached hydrogens (tertiary/aromatic N) is 1. The number of nitrogens with one attached hydrogen (secondary N) is 1. The second-order valence-corrected chi connectivity index (χ2v) is 8.69. The largest absolute Gasteiger partial charge is 0.362 e. The van der Waals surface area contributed by atoms with Gasteiger partial charge < -0.3 is 5.32 Å². The minimum Gasteiger partial charge on any atom is -0.362 e. The molecule has 2 saturated carbocycles.